The maximum Gasteiger partial charge on any atom is 0.412 e. The molecule has 2 aromatic heterocycles. The van der Waals surface area contributed by atoms with E-state index in [4.69, 9.17) is 0 Å². The van der Waals surface area contributed by atoms with Gasteiger partial charge < -0.3 is 10.3 Å². The van der Waals surface area contributed by atoms with Gasteiger partial charge in [-0.15, -0.1) is 0 Å². The Labute approximate surface area is 146 Å². The summed E-state index contributed by atoms with van der Waals surface area (Å²) in [4.78, 5) is 18.8. The molecule has 2 N–H and O–H groups in total. The molecule has 3 rings (SSSR count). The van der Waals surface area contributed by atoms with Gasteiger partial charge >= 0.3 is 6.18 Å². The average molecular weight is 365 g/mol. The van der Waals surface area contributed by atoms with E-state index in [1.54, 1.807) is 13.0 Å². The van der Waals surface area contributed by atoms with E-state index in [0.29, 0.717) is 16.6 Å². The summed E-state index contributed by atoms with van der Waals surface area (Å²) in [5.41, 5.74) is 1.07. The van der Waals surface area contributed by atoms with Crippen molar-refractivity contribution in [3.63, 3.8) is 0 Å². The minimum absolute atomic E-state index is 0.157. The van der Waals surface area contributed by atoms with Crippen molar-refractivity contribution in [2.75, 3.05) is 0 Å². The first-order valence-corrected chi connectivity index (χ1v) is 7.79. The molecule has 2 heterocycles. The van der Waals surface area contributed by atoms with E-state index in [9.17, 15) is 22.4 Å². The molecule has 0 bridgehead atoms. The molecule has 1 amide bonds. The SMILES string of the molecule is Cc1[nH]c2c(F)cccc2c1CC(=O)NC(c1cccnc1)C(F)(F)F. The fraction of sp³-hybridized carbons (Fsp3) is 0.222. The van der Waals surface area contributed by atoms with Gasteiger partial charge in [0.15, 0.2) is 6.04 Å². The predicted molar refractivity (Wildman–Crippen MR) is 87.9 cm³/mol. The molecule has 0 aliphatic rings. The summed E-state index contributed by atoms with van der Waals surface area (Å²) < 4.78 is 53.8. The van der Waals surface area contributed by atoms with Crippen molar-refractivity contribution >= 4 is 16.8 Å². The van der Waals surface area contributed by atoms with E-state index in [-0.39, 0.29) is 17.5 Å². The molecule has 0 radical (unpaired) electrons. The maximum atomic E-state index is 13.8. The third kappa shape index (κ3) is 3.54. The highest BCUT2D eigenvalue weighted by Crippen LogP contribution is 2.32. The van der Waals surface area contributed by atoms with Gasteiger partial charge in [0.25, 0.3) is 0 Å². The van der Waals surface area contributed by atoms with Crippen molar-refractivity contribution in [3.05, 3.63) is 65.4 Å². The number of alkyl halides is 3. The fourth-order valence-electron chi connectivity index (χ4n) is 2.87. The van der Waals surface area contributed by atoms with Crippen molar-refractivity contribution in [3.8, 4) is 0 Å². The molecule has 0 saturated carbocycles. The zero-order chi connectivity index (χ0) is 18.9. The van der Waals surface area contributed by atoms with Crippen molar-refractivity contribution in [1.29, 1.82) is 0 Å². The Morgan fingerprint density at radius 3 is 2.69 bits per heavy atom. The second-order valence-corrected chi connectivity index (χ2v) is 5.90. The molecule has 1 aromatic carbocycles. The first-order chi connectivity index (χ1) is 12.3. The molecule has 8 heteroatoms. The molecule has 3 aromatic rings. The molecule has 0 aliphatic carbocycles. The zero-order valence-corrected chi connectivity index (χ0v) is 13.7. The fourth-order valence-corrected chi connectivity index (χ4v) is 2.87. The van der Waals surface area contributed by atoms with Crippen LogP contribution in [-0.2, 0) is 11.2 Å². The number of amides is 1. The van der Waals surface area contributed by atoms with E-state index in [0.717, 1.165) is 6.20 Å². The smallest absolute Gasteiger partial charge is 0.356 e. The highest BCUT2D eigenvalue weighted by Gasteiger charge is 2.42. The van der Waals surface area contributed by atoms with Gasteiger partial charge in [-0.3, -0.25) is 9.78 Å². The lowest BCUT2D eigenvalue weighted by molar-refractivity contribution is -0.163. The molecule has 0 aliphatic heterocycles. The van der Waals surface area contributed by atoms with E-state index < -0.39 is 23.9 Å². The Hall–Kier alpha value is -2.90. The number of nitrogens with one attached hydrogen (secondary N) is 2. The van der Waals surface area contributed by atoms with Crippen LogP contribution in [0.4, 0.5) is 17.6 Å². The lowest BCUT2D eigenvalue weighted by Gasteiger charge is -2.21. The van der Waals surface area contributed by atoms with Crippen LogP contribution in [0, 0.1) is 12.7 Å². The maximum absolute atomic E-state index is 13.8. The molecule has 136 valence electrons. The van der Waals surface area contributed by atoms with E-state index in [1.807, 2.05) is 5.32 Å². The van der Waals surface area contributed by atoms with Crippen LogP contribution in [0.15, 0.2) is 42.7 Å². The zero-order valence-electron chi connectivity index (χ0n) is 13.7. The Morgan fingerprint density at radius 2 is 2.04 bits per heavy atom. The average Bonchev–Trinajstić information content (AvgIpc) is 2.90. The third-order valence-corrected chi connectivity index (χ3v) is 4.09. The first kappa shape index (κ1) is 17.9. The number of aromatic nitrogens is 2. The van der Waals surface area contributed by atoms with Crippen LogP contribution in [0.5, 0.6) is 0 Å². The molecular formula is C18H15F4N3O. The van der Waals surface area contributed by atoms with Crippen LogP contribution >= 0.6 is 0 Å². The second-order valence-electron chi connectivity index (χ2n) is 5.90. The summed E-state index contributed by atoms with van der Waals surface area (Å²) in [6.45, 7) is 1.64. The second kappa shape index (κ2) is 6.78. The van der Waals surface area contributed by atoms with Gasteiger partial charge in [0.05, 0.1) is 11.9 Å². The van der Waals surface area contributed by atoms with E-state index >= 15 is 0 Å². The number of pyridine rings is 1. The van der Waals surface area contributed by atoms with E-state index in [1.165, 1.54) is 30.5 Å². The van der Waals surface area contributed by atoms with Gasteiger partial charge in [-0.05, 0) is 24.6 Å². The predicted octanol–water partition coefficient (Wildman–Crippen LogP) is 3.97. The largest absolute Gasteiger partial charge is 0.412 e. The van der Waals surface area contributed by atoms with Crippen LogP contribution in [-0.4, -0.2) is 22.1 Å². The quantitative estimate of drug-likeness (QED) is 0.688. The number of fused-ring (bicyclic) bond motifs is 1. The molecule has 4 nitrogen and oxygen atoms in total. The van der Waals surface area contributed by atoms with Crippen LogP contribution < -0.4 is 5.32 Å². The minimum atomic E-state index is -4.67. The number of H-pyrrole nitrogens is 1. The lowest BCUT2D eigenvalue weighted by atomic mass is 10.1. The Kier molecular flexibility index (Phi) is 4.67. The van der Waals surface area contributed by atoms with Crippen LogP contribution in [0.2, 0.25) is 0 Å². The molecule has 0 fully saturated rings. The third-order valence-electron chi connectivity index (χ3n) is 4.09. The van der Waals surface area contributed by atoms with Crippen LogP contribution in [0.1, 0.15) is 22.9 Å². The highest BCUT2D eigenvalue weighted by molar-refractivity contribution is 5.90. The van der Waals surface area contributed by atoms with Gasteiger partial charge in [0, 0.05) is 29.0 Å². The molecule has 1 atom stereocenters. The summed E-state index contributed by atoms with van der Waals surface area (Å²) in [6, 6.07) is 4.83. The normalized spacial score (nSPS) is 13.0. The molecule has 0 spiro atoms. The number of benzene rings is 1. The number of carbonyl (C=O) groups is 1. The molecule has 0 saturated heterocycles. The van der Waals surface area contributed by atoms with Crippen LogP contribution in [0.3, 0.4) is 0 Å². The van der Waals surface area contributed by atoms with Gasteiger partial charge in [-0.25, -0.2) is 4.39 Å². The minimum Gasteiger partial charge on any atom is -0.356 e. The summed E-state index contributed by atoms with van der Waals surface area (Å²) >= 11 is 0. The number of hydrogen-bond donors (Lipinski definition) is 2. The number of aromatic amines is 1. The Balaban J connectivity index is 1.86. The first-order valence-electron chi connectivity index (χ1n) is 7.79. The Morgan fingerprint density at radius 1 is 1.27 bits per heavy atom. The molecule has 1 unspecified atom stereocenters. The Bertz CT molecular complexity index is 935. The number of aryl methyl sites for hydroxylation is 1. The summed E-state index contributed by atoms with van der Waals surface area (Å²) in [7, 11) is 0. The summed E-state index contributed by atoms with van der Waals surface area (Å²) in [5.74, 6) is -1.30. The number of halogens is 4. The highest BCUT2D eigenvalue weighted by atomic mass is 19.4. The summed E-state index contributed by atoms with van der Waals surface area (Å²) in [6.07, 6.45) is -2.56. The number of nitrogens with zero attached hydrogens (tertiary/aromatic N) is 1. The number of hydrogen-bond acceptors (Lipinski definition) is 2. The van der Waals surface area contributed by atoms with Crippen molar-refractivity contribution in [2.24, 2.45) is 0 Å². The number of rotatable bonds is 4. The van der Waals surface area contributed by atoms with Crippen molar-refractivity contribution < 1.29 is 22.4 Å². The number of carbonyl (C=O) groups excluding carboxylic acids is 1. The summed E-state index contributed by atoms with van der Waals surface area (Å²) in [5, 5.41) is 2.48. The van der Waals surface area contributed by atoms with Crippen molar-refractivity contribution in [1.82, 2.24) is 15.3 Å². The van der Waals surface area contributed by atoms with E-state index in [2.05, 4.69) is 9.97 Å². The van der Waals surface area contributed by atoms with Gasteiger partial charge in [-0.1, -0.05) is 18.2 Å². The molecule has 26 heavy (non-hydrogen) atoms. The van der Waals surface area contributed by atoms with Gasteiger partial charge in [-0.2, -0.15) is 13.2 Å². The lowest BCUT2D eigenvalue weighted by Crippen LogP contribution is -2.39. The van der Waals surface area contributed by atoms with Gasteiger partial charge in [0.1, 0.15) is 5.82 Å². The number of para-hydroxylation sites is 1. The monoisotopic (exact) mass is 365 g/mol. The topological polar surface area (TPSA) is 57.8 Å². The van der Waals surface area contributed by atoms with Crippen molar-refractivity contribution in [2.45, 2.75) is 25.6 Å². The standard InChI is InChI=1S/C18H15F4N3O/c1-10-13(12-5-2-6-14(19)16(12)24-10)8-15(26)25-17(18(20,21)22)11-4-3-7-23-9-11/h2-7,9,17,24H,8H2,1H3,(H,25,26). The van der Waals surface area contributed by atoms with Gasteiger partial charge in [0.2, 0.25) is 5.91 Å². The molecular weight excluding hydrogens is 350 g/mol. The van der Waals surface area contributed by atoms with Crippen LogP contribution in [0.25, 0.3) is 10.9 Å².